The SMILES string of the molecule is COc1cccc(CCc2ccccc2OCC(CN(C)C)OC(=O)CCC(=O)OCCCO[N+](=O)[O-])c1. The number of rotatable bonds is 18. The van der Waals surface area contributed by atoms with Crippen molar-refractivity contribution in [2.45, 2.75) is 38.2 Å². The van der Waals surface area contributed by atoms with E-state index in [9.17, 15) is 19.7 Å². The molecule has 0 heterocycles. The zero-order chi connectivity index (χ0) is 27.8. The standard InChI is InChI=1S/C27H36N2O9/c1-28(2)19-24(38-27(31)15-14-26(30)35-16-7-17-37-29(32)33)20-36-25-11-5-4-9-22(25)13-12-21-8-6-10-23(18-21)34-3/h4-6,8-11,18,24H,7,12-17,19-20H2,1-3H3. The molecule has 0 aliphatic carbocycles. The van der Waals surface area contributed by atoms with E-state index in [2.05, 4.69) is 10.9 Å². The number of aryl methyl sites for hydroxylation is 2. The first-order valence-electron chi connectivity index (χ1n) is 12.4. The lowest BCUT2D eigenvalue weighted by atomic mass is 10.0. The van der Waals surface area contributed by atoms with Crippen LogP contribution in [0.5, 0.6) is 11.5 Å². The first-order valence-corrected chi connectivity index (χ1v) is 12.4. The molecule has 0 aromatic heterocycles. The zero-order valence-corrected chi connectivity index (χ0v) is 22.1. The van der Waals surface area contributed by atoms with Crippen LogP contribution in [0.15, 0.2) is 48.5 Å². The number of para-hydroxylation sites is 1. The highest BCUT2D eigenvalue weighted by Crippen LogP contribution is 2.22. The van der Waals surface area contributed by atoms with Crippen LogP contribution in [0.3, 0.4) is 0 Å². The van der Waals surface area contributed by atoms with Gasteiger partial charge in [0.05, 0.1) is 33.2 Å². The lowest BCUT2D eigenvalue weighted by molar-refractivity contribution is -0.757. The van der Waals surface area contributed by atoms with Crippen LogP contribution in [0.25, 0.3) is 0 Å². The van der Waals surface area contributed by atoms with Crippen LogP contribution in [0.2, 0.25) is 0 Å². The number of ether oxygens (including phenoxy) is 4. The van der Waals surface area contributed by atoms with E-state index in [1.165, 1.54) is 0 Å². The van der Waals surface area contributed by atoms with Crippen molar-refractivity contribution in [1.82, 2.24) is 4.90 Å². The van der Waals surface area contributed by atoms with Crippen LogP contribution >= 0.6 is 0 Å². The highest BCUT2D eigenvalue weighted by Gasteiger charge is 2.19. The second-order valence-corrected chi connectivity index (χ2v) is 8.78. The summed E-state index contributed by atoms with van der Waals surface area (Å²) >= 11 is 0. The van der Waals surface area contributed by atoms with Gasteiger partial charge in [-0.25, -0.2) is 0 Å². The van der Waals surface area contributed by atoms with Crippen LogP contribution in [-0.4, -0.2) is 75.6 Å². The first-order chi connectivity index (χ1) is 18.3. The fourth-order valence-corrected chi connectivity index (χ4v) is 3.58. The van der Waals surface area contributed by atoms with Crippen molar-refractivity contribution in [1.29, 1.82) is 0 Å². The summed E-state index contributed by atoms with van der Waals surface area (Å²) in [5, 5.41) is 9.17. The smallest absolute Gasteiger partial charge is 0.306 e. The maximum Gasteiger partial charge on any atom is 0.306 e. The van der Waals surface area contributed by atoms with Crippen LogP contribution in [-0.2, 0) is 36.7 Å². The number of hydrogen-bond donors (Lipinski definition) is 0. The van der Waals surface area contributed by atoms with Crippen LogP contribution in [0, 0.1) is 10.1 Å². The summed E-state index contributed by atoms with van der Waals surface area (Å²) < 4.78 is 21.9. The van der Waals surface area contributed by atoms with Crippen molar-refractivity contribution in [2.75, 3.05) is 47.6 Å². The molecule has 0 saturated heterocycles. The third-order valence-corrected chi connectivity index (χ3v) is 5.36. The number of benzene rings is 2. The highest BCUT2D eigenvalue weighted by molar-refractivity contribution is 5.77. The van der Waals surface area contributed by atoms with Gasteiger partial charge in [-0.15, -0.1) is 10.1 Å². The fourth-order valence-electron chi connectivity index (χ4n) is 3.58. The van der Waals surface area contributed by atoms with Gasteiger partial charge >= 0.3 is 11.9 Å². The Balaban J connectivity index is 1.83. The van der Waals surface area contributed by atoms with Crippen LogP contribution in [0.4, 0.5) is 0 Å². The Labute approximate surface area is 222 Å². The molecular formula is C27H36N2O9. The van der Waals surface area contributed by atoms with E-state index in [1.807, 2.05) is 61.5 Å². The van der Waals surface area contributed by atoms with Gasteiger partial charge in [0, 0.05) is 13.0 Å². The molecule has 208 valence electrons. The van der Waals surface area contributed by atoms with E-state index in [1.54, 1.807) is 7.11 Å². The number of nitrogens with zero attached hydrogens (tertiary/aromatic N) is 2. The Morgan fingerprint density at radius 2 is 1.76 bits per heavy atom. The number of likely N-dealkylation sites (N-methyl/N-ethyl adjacent to an activating group) is 1. The van der Waals surface area contributed by atoms with Crippen molar-refractivity contribution in [2.24, 2.45) is 0 Å². The minimum absolute atomic E-state index is 0.0317. The minimum atomic E-state index is -0.910. The average Bonchev–Trinajstić information content (AvgIpc) is 2.89. The molecule has 11 heteroatoms. The van der Waals surface area contributed by atoms with Gasteiger partial charge in [-0.1, -0.05) is 30.3 Å². The van der Waals surface area contributed by atoms with Crippen molar-refractivity contribution in [3.05, 3.63) is 69.8 Å². The lowest BCUT2D eigenvalue weighted by Gasteiger charge is -2.22. The van der Waals surface area contributed by atoms with Gasteiger partial charge < -0.3 is 28.7 Å². The van der Waals surface area contributed by atoms with Gasteiger partial charge in [0.2, 0.25) is 0 Å². The maximum atomic E-state index is 12.4. The highest BCUT2D eigenvalue weighted by atomic mass is 16.9. The second-order valence-electron chi connectivity index (χ2n) is 8.78. The summed E-state index contributed by atoms with van der Waals surface area (Å²) in [7, 11) is 5.37. The molecule has 1 unspecified atom stereocenters. The van der Waals surface area contributed by atoms with E-state index in [-0.39, 0.29) is 39.1 Å². The fraction of sp³-hybridized carbons (Fsp3) is 0.481. The predicted molar refractivity (Wildman–Crippen MR) is 139 cm³/mol. The molecular weight excluding hydrogens is 496 g/mol. The molecule has 0 aliphatic rings. The summed E-state index contributed by atoms with van der Waals surface area (Å²) in [6.07, 6.45) is 0.914. The van der Waals surface area contributed by atoms with Gasteiger partial charge in [0.15, 0.2) is 0 Å². The van der Waals surface area contributed by atoms with Gasteiger partial charge in [0.25, 0.3) is 5.09 Å². The van der Waals surface area contributed by atoms with E-state index in [0.717, 1.165) is 35.5 Å². The average molecular weight is 533 g/mol. The summed E-state index contributed by atoms with van der Waals surface area (Å²) in [6, 6.07) is 15.7. The molecule has 0 aliphatic heterocycles. The van der Waals surface area contributed by atoms with E-state index >= 15 is 0 Å². The summed E-state index contributed by atoms with van der Waals surface area (Å²) in [5.41, 5.74) is 2.19. The molecule has 0 spiro atoms. The largest absolute Gasteiger partial charge is 0.497 e. The molecule has 0 saturated carbocycles. The minimum Gasteiger partial charge on any atom is -0.497 e. The molecule has 2 rings (SSSR count). The normalized spacial score (nSPS) is 11.5. The van der Waals surface area contributed by atoms with Gasteiger partial charge in [-0.05, 0) is 56.3 Å². The number of carbonyl (C=O) groups is 2. The maximum absolute atomic E-state index is 12.4. The summed E-state index contributed by atoms with van der Waals surface area (Å²) in [4.78, 5) is 40.3. The number of methoxy groups -OCH3 is 1. The number of esters is 2. The monoisotopic (exact) mass is 532 g/mol. The van der Waals surface area contributed by atoms with Crippen LogP contribution in [0.1, 0.15) is 30.4 Å². The Hall–Kier alpha value is -3.86. The Morgan fingerprint density at radius 1 is 1.00 bits per heavy atom. The molecule has 0 bridgehead atoms. The summed E-state index contributed by atoms with van der Waals surface area (Å²) in [6.45, 7) is 0.397. The number of carbonyl (C=O) groups excluding carboxylic acids is 2. The van der Waals surface area contributed by atoms with E-state index in [4.69, 9.17) is 18.9 Å². The third kappa shape index (κ3) is 12.4. The second kappa shape index (κ2) is 16.8. The van der Waals surface area contributed by atoms with Crippen molar-refractivity contribution in [3.8, 4) is 11.5 Å². The van der Waals surface area contributed by atoms with Crippen LogP contribution < -0.4 is 9.47 Å². The van der Waals surface area contributed by atoms with Gasteiger partial charge in [-0.3, -0.25) is 9.59 Å². The molecule has 1 atom stereocenters. The molecule has 0 amide bonds. The molecule has 2 aromatic rings. The lowest BCUT2D eigenvalue weighted by Crippen LogP contribution is -2.35. The van der Waals surface area contributed by atoms with E-state index < -0.39 is 23.1 Å². The zero-order valence-electron chi connectivity index (χ0n) is 22.1. The molecule has 11 nitrogen and oxygen atoms in total. The van der Waals surface area contributed by atoms with Crippen molar-refractivity contribution in [3.63, 3.8) is 0 Å². The molecule has 0 radical (unpaired) electrons. The van der Waals surface area contributed by atoms with E-state index in [0.29, 0.717) is 6.54 Å². The molecule has 0 N–H and O–H groups in total. The summed E-state index contributed by atoms with van der Waals surface area (Å²) in [5.74, 6) is 0.407. The quantitative estimate of drug-likeness (QED) is 0.122. The van der Waals surface area contributed by atoms with Gasteiger partial charge in [0.1, 0.15) is 24.2 Å². The molecule has 38 heavy (non-hydrogen) atoms. The van der Waals surface area contributed by atoms with Gasteiger partial charge in [-0.2, -0.15) is 0 Å². The Bertz CT molecular complexity index is 1030. The van der Waals surface area contributed by atoms with Crippen molar-refractivity contribution >= 4 is 11.9 Å². The Kier molecular flexibility index (Phi) is 13.4. The molecule has 0 fully saturated rings. The number of hydrogen-bond acceptors (Lipinski definition) is 10. The molecule has 2 aromatic carbocycles. The Morgan fingerprint density at radius 3 is 2.50 bits per heavy atom. The third-order valence-electron chi connectivity index (χ3n) is 5.36. The van der Waals surface area contributed by atoms with Crippen molar-refractivity contribution < 1.29 is 38.5 Å². The predicted octanol–water partition coefficient (Wildman–Crippen LogP) is 3.25. The topological polar surface area (TPSA) is 127 Å². The first kappa shape index (κ1) is 30.4.